The van der Waals surface area contributed by atoms with Crippen LogP contribution in [0.4, 0.5) is 11.6 Å². The van der Waals surface area contributed by atoms with Crippen LogP contribution in [0.5, 0.6) is 5.75 Å². The third kappa shape index (κ3) is 2.72. The lowest BCUT2D eigenvalue weighted by Crippen LogP contribution is -2.17. The second-order valence-electron chi connectivity index (χ2n) is 4.74. The van der Waals surface area contributed by atoms with E-state index in [1.807, 2.05) is 12.1 Å². The molecule has 1 N–H and O–H groups in total. The number of anilines is 1. The number of hydrogen-bond donors (Lipinski definition) is 1. The first-order valence-electron chi connectivity index (χ1n) is 6.60. The lowest BCUT2D eigenvalue weighted by molar-refractivity contribution is 0.477. The molecule has 104 valence electrons. The molecule has 0 aliphatic carbocycles. The third-order valence-electron chi connectivity index (χ3n) is 3.29. The Morgan fingerprint density at radius 2 is 2.00 bits per heavy atom. The summed E-state index contributed by atoms with van der Waals surface area (Å²) in [6.45, 7) is 2.06. The van der Waals surface area contributed by atoms with Crippen LogP contribution in [0.25, 0.3) is 0 Å². The second-order valence-corrected chi connectivity index (χ2v) is 5.60. The topological polar surface area (TPSA) is 49.0 Å². The maximum Gasteiger partial charge on any atom is 0.210 e. The van der Waals surface area contributed by atoms with Gasteiger partial charge in [-0.05, 0) is 40.9 Å². The van der Waals surface area contributed by atoms with Gasteiger partial charge in [0.05, 0.1) is 10.7 Å². The van der Waals surface area contributed by atoms with Crippen molar-refractivity contribution >= 4 is 33.7 Å². The molecule has 1 saturated heterocycles. The van der Waals surface area contributed by atoms with Crippen molar-refractivity contribution in [1.82, 2.24) is 0 Å². The molecule has 1 aliphatic rings. The summed E-state index contributed by atoms with van der Waals surface area (Å²) in [5.41, 5.74) is 0.530. The quantitative estimate of drug-likeness (QED) is 0.859. The molecular weight excluding hydrogens is 320 g/mol. The predicted molar refractivity (Wildman–Crippen MR) is 83.2 cm³/mol. The summed E-state index contributed by atoms with van der Waals surface area (Å²) in [6, 6.07) is 8.87. The summed E-state index contributed by atoms with van der Waals surface area (Å²) >= 11 is 3.52. The molecule has 1 aromatic heterocycles. The van der Waals surface area contributed by atoms with Crippen LogP contribution < -0.4 is 4.90 Å². The predicted octanol–water partition coefficient (Wildman–Crippen LogP) is 4.10. The van der Waals surface area contributed by atoms with Crippen molar-refractivity contribution in [1.29, 1.82) is 0 Å². The fraction of sp³-hybridized carbons (Fsp3) is 0.267. The van der Waals surface area contributed by atoms with E-state index in [0.717, 1.165) is 23.4 Å². The number of furan rings is 1. The van der Waals surface area contributed by atoms with Crippen LogP contribution in [0.3, 0.4) is 0 Å². The summed E-state index contributed by atoms with van der Waals surface area (Å²) in [5.74, 6) is 1.69. The van der Waals surface area contributed by atoms with Crippen LogP contribution in [0, 0.1) is 0 Å². The smallest absolute Gasteiger partial charge is 0.210 e. The van der Waals surface area contributed by atoms with Crippen LogP contribution >= 0.6 is 15.9 Å². The maximum absolute atomic E-state index is 9.66. The fourth-order valence-corrected chi connectivity index (χ4v) is 2.84. The van der Waals surface area contributed by atoms with Crippen LogP contribution in [-0.4, -0.2) is 24.4 Å². The number of nitrogens with zero attached hydrogens (tertiary/aromatic N) is 2. The Morgan fingerprint density at radius 3 is 2.75 bits per heavy atom. The first kappa shape index (κ1) is 13.2. The molecule has 0 spiro atoms. The van der Waals surface area contributed by atoms with E-state index in [2.05, 4.69) is 25.8 Å². The lowest BCUT2D eigenvalue weighted by Gasteiger charge is -2.13. The van der Waals surface area contributed by atoms with Crippen molar-refractivity contribution in [2.75, 3.05) is 18.0 Å². The molecule has 0 bridgehead atoms. The standard InChI is InChI=1S/C15H15BrN2O2/c16-12-9-11(20-15(12)18-7-3-4-8-18)10-17-13-5-1-2-6-14(13)19/h1-2,5-6,9-10,19H,3-4,7-8H2. The SMILES string of the molecule is Oc1ccccc1N=Cc1cc(Br)c(N2CCCC2)o1. The molecular formula is C15H15BrN2O2. The molecule has 5 heteroatoms. The van der Waals surface area contributed by atoms with Crippen molar-refractivity contribution in [3.05, 3.63) is 40.6 Å². The average molecular weight is 335 g/mol. The second kappa shape index (κ2) is 5.71. The average Bonchev–Trinajstić information content (AvgIpc) is 3.07. The number of aliphatic imine (C=N–C) groups is 1. The lowest BCUT2D eigenvalue weighted by atomic mass is 10.3. The molecule has 0 amide bonds. The molecule has 2 aromatic rings. The van der Waals surface area contributed by atoms with Crippen LogP contribution in [0.1, 0.15) is 18.6 Å². The highest BCUT2D eigenvalue weighted by atomic mass is 79.9. The summed E-state index contributed by atoms with van der Waals surface area (Å²) < 4.78 is 6.75. The minimum absolute atomic E-state index is 0.161. The summed E-state index contributed by atoms with van der Waals surface area (Å²) in [7, 11) is 0. The molecule has 0 atom stereocenters. The molecule has 3 rings (SSSR count). The van der Waals surface area contributed by atoms with Gasteiger partial charge in [-0.1, -0.05) is 12.1 Å². The minimum atomic E-state index is 0.161. The zero-order valence-electron chi connectivity index (χ0n) is 10.9. The zero-order valence-corrected chi connectivity index (χ0v) is 12.5. The highest BCUT2D eigenvalue weighted by Crippen LogP contribution is 2.32. The number of benzene rings is 1. The molecule has 1 fully saturated rings. The number of aromatic hydroxyl groups is 1. The van der Waals surface area contributed by atoms with Crippen LogP contribution in [0.2, 0.25) is 0 Å². The molecule has 2 heterocycles. The zero-order chi connectivity index (χ0) is 13.9. The van der Waals surface area contributed by atoms with Crippen LogP contribution in [-0.2, 0) is 0 Å². The first-order valence-corrected chi connectivity index (χ1v) is 7.40. The van der Waals surface area contributed by atoms with E-state index < -0.39 is 0 Å². The monoisotopic (exact) mass is 334 g/mol. The van der Waals surface area contributed by atoms with Gasteiger partial charge in [-0.15, -0.1) is 0 Å². The Morgan fingerprint density at radius 1 is 1.25 bits per heavy atom. The summed E-state index contributed by atoms with van der Waals surface area (Å²) in [4.78, 5) is 6.47. The maximum atomic E-state index is 9.66. The van der Waals surface area contributed by atoms with Gasteiger partial charge >= 0.3 is 0 Å². The van der Waals surface area contributed by atoms with Gasteiger partial charge in [0.25, 0.3) is 0 Å². The van der Waals surface area contributed by atoms with Gasteiger partial charge in [-0.2, -0.15) is 0 Å². The molecule has 20 heavy (non-hydrogen) atoms. The van der Waals surface area contributed by atoms with Gasteiger partial charge in [-0.25, -0.2) is 4.99 Å². The molecule has 0 unspecified atom stereocenters. The van der Waals surface area contributed by atoms with Crippen molar-refractivity contribution in [2.45, 2.75) is 12.8 Å². The summed E-state index contributed by atoms with van der Waals surface area (Å²) in [5, 5.41) is 9.66. The number of rotatable bonds is 3. The van der Waals surface area contributed by atoms with E-state index >= 15 is 0 Å². The summed E-state index contributed by atoms with van der Waals surface area (Å²) in [6.07, 6.45) is 4.03. The number of phenolic OH excluding ortho intramolecular Hbond substituents is 1. The molecule has 4 nitrogen and oxygen atoms in total. The first-order chi connectivity index (χ1) is 9.74. The Kier molecular flexibility index (Phi) is 3.78. The van der Waals surface area contributed by atoms with E-state index in [9.17, 15) is 5.11 Å². The normalized spacial score (nSPS) is 15.3. The van der Waals surface area contributed by atoms with Gasteiger partial charge < -0.3 is 14.4 Å². The van der Waals surface area contributed by atoms with E-state index in [0.29, 0.717) is 11.4 Å². The van der Waals surface area contributed by atoms with E-state index in [-0.39, 0.29) is 5.75 Å². The Labute approximate surface area is 125 Å². The van der Waals surface area contributed by atoms with E-state index in [4.69, 9.17) is 4.42 Å². The number of hydrogen-bond acceptors (Lipinski definition) is 4. The largest absolute Gasteiger partial charge is 0.506 e. The van der Waals surface area contributed by atoms with Crippen molar-refractivity contribution in [3.63, 3.8) is 0 Å². The Hall–Kier alpha value is -1.75. The molecule has 0 saturated carbocycles. The van der Waals surface area contributed by atoms with Gasteiger partial charge in [0.2, 0.25) is 5.88 Å². The van der Waals surface area contributed by atoms with Gasteiger partial charge in [0.15, 0.2) is 0 Å². The highest BCUT2D eigenvalue weighted by molar-refractivity contribution is 9.10. The van der Waals surface area contributed by atoms with Crippen LogP contribution in [0.15, 0.2) is 44.2 Å². The Balaban J connectivity index is 1.81. The van der Waals surface area contributed by atoms with E-state index in [1.165, 1.54) is 12.8 Å². The van der Waals surface area contributed by atoms with Gasteiger partial charge in [0.1, 0.15) is 17.2 Å². The third-order valence-corrected chi connectivity index (χ3v) is 3.86. The molecule has 0 radical (unpaired) electrons. The number of phenols is 1. The Bertz CT molecular complexity index is 631. The number of para-hydroxylation sites is 2. The highest BCUT2D eigenvalue weighted by Gasteiger charge is 2.19. The van der Waals surface area contributed by atoms with Gasteiger partial charge in [-0.3, -0.25) is 0 Å². The van der Waals surface area contributed by atoms with Crippen molar-refractivity contribution in [2.24, 2.45) is 4.99 Å². The van der Waals surface area contributed by atoms with Gasteiger partial charge in [0, 0.05) is 19.2 Å². The fourth-order valence-electron chi connectivity index (χ4n) is 2.28. The molecule has 1 aliphatic heterocycles. The van der Waals surface area contributed by atoms with Crippen molar-refractivity contribution < 1.29 is 9.52 Å². The van der Waals surface area contributed by atoms with E-state index in [1.54, 1.807) is 24.4 Å². The van der Waals surface area contributed by atoms with Crippen molar-refractivity contribution in [3.8, 4) is 5.75 Å². The molecule has 1 aromatic carbocycles. The minimum Gasteiger partial charge on any atom is -0.506 e. The number of halogens is 1.